The highest BCUT2D eigenvalue weighted by Gasteiger charge is 2.24. The van der Waals surface area contributed by atoms with Crippen LogP contribution in [0.25, 0.3) is 5.69 Å². The summed E-state index contributed by atoms with van der Waals surface area (Å²) in [6.45, 7) is 2.01. The van der Waals surface area contributed by atoms with Crippen LogP contribution in [-0.4, -0.2) is 15.7 Å². The smallest absolute Gasteiger partial charge is 0.266 e. The van der Waals surface area contributed by atoms with Gasteiger partial charge >= 0.3 is 0 Å². The first kappa shape index (κ1) is 14.2. The van der Waals surface area contributed by atoms with Crippen LogP contribution < -0.4 is 5.32 Å². The molecule has 1 amide bonds. The zero-order valence-corrected chi connectivity index (χ0v) is 13.7. The van der Waals surface area contributed by atoms with Crippen molar-refractivity contribution in [3.63, 3.8) is 0 Å². The average Bonchev–Trinajstić information content (AvgIpc) is 3.25. The van der Waals surface area contributed by atoms with Crippen molar-refractivity contribution in [2.45, 2.75) is 26.2 Å². The lowest BCUT2D eigenvalue weighted by Gasteiger charge is -2.10. The third kappa shape index (κ3) is 2.57. The number of nitrogens with zero attached hydrogens (tertiary/aromatic N) is 2. The average molecular weight is 323 g/mol. The molecule has 2 aromatic heterocycles. The lowest BCUT2D eigenvalue weighted by Crippen LogP contribution is -2.15. The van der Waals surface area contributed by atoms with Gasteiger partial charge in [-0.2, -0.15) is 5.10 Å². The van der Waals surface area contributed by atoms with E-state index < -0.39 is 0 Å². The highest BCUT2D eigenvalue weighted by Crippen LogP contribution is 2.31. The van der Waals surface area contributed by atoms with Crippen molar-refractivity contribution >= 4 is 23.1 Å². The molecule has 0 saturated heterocycles. The van der Waals surface area contributed by atoms with E-state index in [0.717, 1.165) is 46.2 Å². The van der Waals surface area contributed by atoms with Crippen LogP contribution in [-0.2, 0) is 12.8 Å². The van der Waals surface area contributed by atoms with E-state index >= 15 is 0 Å². The Morgan fingerprint density at radius 3 is 2.74 bits per heavy atom. The minimum Gasteiger partial charge on any atom is -0.306 e. The van der Waals surface area contributed by atoms with Gasteiger partial charge in [0.1, 0.15) is 5.82 Å². The van der Waals surface area contributed by atoms with Gasteiger partial charge in [-0.05, 0) is 50.5 Å². The molecule has 3 aromatic rings. The minimum absolute atomic E-state index is 0.0603. The van der Waals surface area contributed by atoms with Crippen LogP contribution in [0.4, 0.5) is 5.82 Å². The number of hydrogen-bond donors (Lipinski definition) is 1. The van der Waals surface area contributed by atoms with E-state index in [2.05, 4.69) is 5.32 Å². The van der Waals surface area contributed by atoms with Crippen LogP contribution in [0, 0.1) is 6.92 Å². The summed E-state index contributed by atoms with van der Waals surface area (Å²) in [7, 11) is 0. The van der Waals surface area contributed by atoms with Crippen LogP contribution in [0.1, 0.15) is 32.2 Å². The number of hydrogen-bond acceptors (Lipinski definition) is 3. The van der Waals surface area contributed by atoms with Crippen molar-refractivity contribution < 1.29 is 4.79 Å². The second-order valence-corrected chi connectivity index (χ2v) is 7.03. The van der Waals surface area contributed by atoms with E-state index in [9.17, 15) is 4.79 Å². The first-order valence-electron chi connectivity index (χ1n) is 7.76. The van der Waals surface area contributed by atoms with Gasteiger partial charge in [0, 0.05) is 10.4 Å². The summed E-state index contributed by atoms with van der Waals surface area (Å²) < 4.78 is 1.86. The summed E-state index contributed by atoms with van der Waals surface area (Å²) in [5, 5.41) is 7.81. The number of carbonyl (C=O) groups excluding carboxylic acids is 1. The van der Waals surface area contributed by atoms with Gasteiger partial charge in [-0.15, -0.1) is 11.3 Å². The van der Waals surface area contributed by atoms with E-state index in [-0.39, 0.29) is 5.91 Å². The largest absolute Gasteiger partial charge is 0.306 e. The Labute approximate surface area is 138 Å². The molecule has 5 heteroatoms. The van der Waals surface area contributed by atoms with Crippen molar-refractivity contribution in [3.05, 3.63) is 63.5 Å². The van der Waals surface area contributed by atoms with E-state index in [0.29, 0.717) is 0 Å². The molecule has 116 valence electrons. The van der Waals surface area contributed by atoms with E-state index in [1.807, 2.05) is 54.1 Å². The number of nitrogens with one attached hydrogen (secondary N) is 1. The standard InChI is InChI=1S/C18H17N3OS/c1-12-10-11-16(23-12)18(22)19-17-14-8-5-9-15(14)20-21(17)13-6-3-2-4-7-13/h2-4,6-7,10-11H,5,8-9H2,1H3,(H,19,22). The van der Waals surface area contributed by atoms with Crippen LogP contribution in [0.3, 0.4) is 0 Å². The predicted molar refractivity (Wildman–Crippen MR) is 92.6 cm³/mol. The Kier molecular flexibility index (Phi) is 3.50. The fourth-order valence-electron chi connectivity index (χ4n) is 3.00. The molecule has 0 spiro atoms. The van der Waals surface area contributed by atoms with Crippen molar-refractivity contribution in [2.24, 2.45) is 0 Å². The second-order valence-electron chi connectivity index (χ2n) is 5.74. The van der Waals surface area contributed by atoms with Crippen molar-refractivity contribution in [3.8, 4) is 5.69 Å². The summed E-state index contributed by atoms with van der Waals surface area (Å²) in [4.78, 5) is 14.4. The normalized spacial score (nSPS) is 13.1. The number of thiophene rings is 1. The van der Waals surface area contributed by atoms with Crippen molar-refractivity contribution in [2.75, 3.05) is 5.32 Å². The molecular weight excluding hydrogens is 306 g/mol. The SMILES string of the molecule is Cc1ccc(C(=O)Nc2c3c(nn2-c2ccccc2)CCC3)s1. The lowest BCUT2D eigenvalue weighted by atomic mass is 10.2. The zero-order valence-electron chi connectivity index (χ0n) is 12.9. The Bertz CT molecular complexity index is 864. The van der Waals surface area contributed by atoms with Gasteiger partial charge in [-0.1, -0.05) is 18.2 Å². The summed E-state index contributed by atoms with van der Waals surface area (Å²) in [5.41, 5.74) is 3.25. The van der Waals surface area contributed by atoms with Gasteiger partial charge in [-0.25, -0.2) is 4.68 Å². The predicted octanol–water partition coefficient (Wildman–Crippen LogP) is 3.98. The molecular formula is C18H17N3OS. The van der Waals surface area contributed by atoms with Gasteiger partial charge in [0.05, 0.1) is 16.3 Å². The van der Waals surface area contributed by atoms with E-state index in [1.54, 1.807) is 0 Å². The van der Waals surface area contributed by atoms with Crippen molar-refractivity contribution in [1.82, 2.24) is 9.78 Å². The maximum Gasteiger partial charge on any atom is 0.266 e. The maximum atomic E-state index is 12.6. The molecule has 0 fully saturated rings. The summed E-state index contributed by atoms with van der Waals surface area (Å²) in [6.07, 6.45) is 3.06. The molecule has 0 unspecified atom stereocenters. The molecule has 1 aliphatic carbocycles. The number of fused-ring (bicyclic) bond motifs is 1. The topological polar surface area (TPSA) is 46.9 Å². The minimum atomic E-state index is -0.0603. The molecule has 4 nitrogen and oxygen atoms in total. The molecule has 0 radical (unpaired) electrons. The highest BCUT2D eigenvalue weighted by molar-refractivity contribution is 7.14. The van der Waals surface area contributed by atoms with Crippen molar-refractivity contribution in [1.29, 1.82) is 0 Å². The number of aromatic nitrogens is 2. The molecule has 0 bridgehead atoms. The lowest BCUT2D eigenvalue weighted by molar-refractivity contribution is 0.102. The molecule has 1 N–H and O–H groups in total. The molecule has 4 rings (SSSR count). The number of amides is 1. The first-order valence-corrected chi connectivity index (χ1v) is 8.58. The Morgan fingerprint density at radius 2 is 2.00 bits per heavy atom. The Balaban J connectivity index is 1.74. The molecule has 1 aliphatic rings. The molecule has 23 heavy (non-hydrogen) atoms. The maximum absolute atomic E-state index is 12.6. The van der Waals surface area contributed by atoms with Gasteiger partial charge < -0.3 is 5.32 Å². The monoisotopic (exact) mass is 323 g/mol. The third-order valence-electron chi connectivity index (χ3n) is 4.10. The van der Waals surface area contributed by atoms with Gasteiger partial charge in [0.2, 0.25) is 0 Å². The fraction of sp³-hybridized carbons (Fsp3) is 0.222. The third-order valence-corrected chi connectivity index (χ3v) is 5.10. The number of anilines is 1. The van der Waals surface area contributed by atoms with Gasteiger partial charge in [0.25, 0.3) is 5.91 Å². The molecule has 0 saturated carbocycles. The van der Waals surface area contributed by atoms with Gasteiger partial charge in [0.15, 0.2) is 0 Å². The fourth-order valence-corrected chi connectivity index (χ4v) is 3.76. The number of rotatable bonds is 3. The first-order chi connectivity index (χ1) is 11.2. The zero-order chi connectivity index (χ0) is 15.8. The Morgan fingerprint density at radius 1 is 1.17 bits per heavy atom. The molecule has 0 atom stereocenters. The van der Waals surface area contributed by atoms with Crippen LogP contribution in [0.15, 0.2) is 42.5 Å². The summed E-state index contributed by atoms with van der Waals surface area (Å²) in [6, 6.07) is 13.8. The molecule has 0 aliphatic heterocycles. The second kappa shape index (κ2) is 5.66. The quantitative estimate of drug-likeness (QED) is 0.792. The molecule has 2 heterocycles. The Hall–Kier alpha value is -2.40. The van der Waals surface area contributed by atoms with Crippen LogP contribution in [0.2, 0.25) is 0 Å². The summed E-state index contributed by atoms with van der Waals surface area (Å²) in [5.74, 6) is 0.759. The van der Waals surface area contributed by atoms with E-state index in [1.165, 1.54) is 16.9 Å². The van der Waals surface area contributed by atoms with E-state index in [4.69, 9.17) is 5.10 Å². The number of carbonyl (C=O) groups is 1. The molecule has 1 aromatic carbocycles. The number of benzene rings is 1. The van der Waals surface area contributed by atoms with Crippen LogP contribution >= 0.6 is 11.3 Å². The highest BCUT2D eigenvalue weighted by atomic mass is 32.1. The summed E-state index contributed by atoms with van der Waals surface area (Å²) >= 11 is 1.51. The van der Waals surface area contributed by atoms with Crippen LogP contribution in [0.5, 0.6) is 0 Å². The number of para-hydroxylation sites is 1. The van der Waals surface area contributed by atoms with Gasteiger partial charge in [-0.3, -0.25) is 4.79 Å². The number of aryl methyl sites for hydroxylation is 2.